The molecule has 3 rings (SSSR count). The van der Waals surface area contributed by atoms with Crippen LogP contribution in [0.3, 0.4) is 0 Å². The van der Waals surface area contributed by atoms with Crippen molar-refractivity contribution in [2.24, 2.45) is 5.41 Å². The first-order valence-electron chi connectivity index (χ1n) is 10.4. The monoisotopic (exact) mass is 508 g/mol. The molecule has 1 aliphatic heterocycles. The van der Waals surface area contributed by atoms with Crippen LogP contribution >= 0.6 is 7.75 Å². The molecule has 6 unspecified atom stereocenters. The number of aromatic nitrogens is 2. The van der Waals surface area contributed by atoms with Crippen LogP contribution in [0.5, 0.6) is 5.75 Å². The van der Waals surface area contributed by atoms with Crippen molar-refractivity contribution in [1.29, 1.82) is 5.26 Å². The summed E-state index contributed by atoms with van der Waals surface area (Å²) in [7, 11) is -3.08. The summed E-state index contributed by atoms with van der Waals surface area (Å²) in [5.74, 6) is -0.551. The number of rotatable bonds is 9. The molecule has 0 amide bonds. The van der Waals surface area contributed by atoms with Crippen LogP contribution in [0.4, 0.5) is 0 Å². The number of aromatic amines is 1. The van der Waals surface area contributed by atoms with Gasteiger partial charge in [0.1, 0.15) is 29.4 Å². The first-order chi connectivity index (χ1) is 16.5. The van der Waals surface area contributed by atoms with Gasteiger partial charge < -0.3 is 19.1 Å². The van der Waals surface area contributed by atoms with Gasteiger partial charge in [-0.2, -0.15) is 10.3 Å². The molecule has 0 aliphatic carbocycles. The number of benzene rings is 1. The van der Waals surface area contributed by atoms with Crippen molar-refractivity contribution in [3.8, 4) is 11.8 Å². The Labute approximate surface area is 199 Å². The maximum atomic E-state index is 13.5. The van der Waals surface area contributed by atoms with Gasteiger partial charge in [-0.3, -0.25) is 23.7 Å². The zero-order valence-corrected chi connectivity index (χ0v) is 20.0. The Kier molecular flexibility index (Phi) is 7.94. The van der Waals surface area contributed by atoms with E-state index in [2.05, 4.69) is 14.8 Å². The minimum Gasteiger partial charge on any atom is -0.468 e. The lowest BCUT2D eigenvalue weighted by molar-refractivity contribution is -0.142. The largest absolute Gasteiger partial charge is 0.468 e. The molecule has 1 aromatic heterocycles. The van der Waals surface area contributed by atoms with Crippen LogP contribution < -0.4 is 20.9 Å². The highest BCUT2D eigenvalue weighted by molar-refractivity contribution is 7.52. The summed E-state index contributed by atoms with van der Waals surface area (Å²) in [5.41, 5.74) is -3.12. The molecule has 0 saturated carbocycles. The molecule has 1 saturated heterocycles. The Balaban J connectivity index is 1.85. The van der Waals surface area contributed by atoms with E-state index in [-0.39, 0.29) is 5.75 Å². The number of nitriles is 1. The molecular weight excluding hydrogens is 483 g/mol. The number of nitrogens with zero attached hydrogens (tertiary/aromatic N) is 2. The fraction of sp³-hybridized carbons (Fsp3) is 0.429. The molecule has 2 heterocycles. The van der Waals surface area contributed by atoms with Crippen molar-refractivity contribution in [3.05, 3.63) is 63.4 Å². The summed E-state index contributed by atoms with van der Waals surface area (Å²) in [6.45, 7) is 2.22. The molecule has 1 aromatic carbocycles. The van der Waals surface area contributed by atoms with Crippen molar-refractivity contribution in [1.82, 2.24) is 14.6 Å². The van der Waals surface area contributed by atoms with E-state index < -0.39 is 61.5 Å². The van der Waals surface area contributed by atoms with E-state index in [0.29, 0.717) is 0 Å². The number of carbonyl (C=O) groups excluding carboxylic acids is 1. The van der Waals surface area contributed by atoms with Gasteiger partial charge in [0.2, 0.25) is 0 Å². The van der Waals surface area contributed by atoms with Crippen molar-refractivity contribution in [2.45, 2.75) is 38.3 Å². The topological polar surface area (TPSA) is 182 Å². The lowest BCUT2D eigenvalue weighted by Crippen LogP contribution is -2.41. The summed E-state index contributed by atoms with van der Waals surface area (Å²) >= 11 is 0. The van der Waals surface area contributed by atoms with Gasteiger partial charge in [0.05, 0.1) is 19.8 Å². The molecule has 188 valence electrons. The number of esters is 1. The van der Waals surface area contributed by atoms with E-state index >= 15 is 0 Å². The van der Waals surface area contributed by atoms with Gasteiger partial charge in [0, 0.05) is 12.3 Å². The third-order valence-corrected chi connectivity index (χ3v) is 7.06. The summed E-state index contributed by atoms with van der Waals surface area (Å²) in [5, 5.41) is 23.1. The second kappa shape index (κ2) is 10.6. The number of hydrogen-bond acceptors (Lipinski definition) is 10. The number of H-pyrrole nitrogens is 1. The van der Waals surface area contributed by atoms with Crippen molar-refractivity contribution in [3.63, 3.8) is 0 Å². The molecule has 35 heavy (non-hydrogen) atoms. The number of carbonyl (C=O) groups is 1. The Morgan fingerprint density at radius 2 is 2.06 bits per heavy atom. The van der Waals surface area contributed by atoms with Gasteiger partial charge in [0.25, 0.3) is 5.56 Å². The predicted octanol–water partition coefficient (Wildman–Crippen LogP) is 0.680. The molecule has 0 radical (unpaired) electrons. The third-order valence-electron chi connectivity index (χ3n) is 5.41. The fourth-order valence-corrected chi connectivity index (χ4v) is 4.98. The van der Waals surface area contributed by atoms with Crippen molar-refractivity contribution < 1.29 is 33.0 Å². The summed E-state index contributed by atoms with van der Waals surface area (Å²) in [6.07, 6.45) is -2.87. The molecule has 13 nitrogen and oxygen atoms in total. The van der Waals surface area contributed by atoms with Crippen LogP contribution in [0.15, 0.2) is 52.2 Å². The standard InChI is InChI=1S/C21H25N4O9P/c1-13(18(28)31-3)24-35(30,34-14-7-5-4-6-8-14)32-11-15-17(27)21(2,12-22)19(33-15)25-10-9-16(26)23-20(25)29/h4-10,13,15,17,19,27H,11H2,1-3H3,(H,24,30)(H,23,26,29). The normalized spacial score (nSPS) is 26.3. The molecule has 1 fully saturated rings. The predicted molar refractivity (Wildman–Crippen MR) is 120 cm³/mol. The average Bonchev–Trinajstić information content (AvgIpc) is 3.08. The van der Waals surface area contributed by atoms with Crippen LogP contribution in [0.25, 0.3) is 0 Å². The first kappa shape index (κ1) is 26.3. The van der Waals surface area contributed by atoms with Gasteiger partial charge in [-0.15, -0.1) is 0 Å². The summed E-state index contributed by atoms with van der Waals surface area (Å²) < 4.78 is 35.8. The number of ether oxygens (including phenoxy) is 2. The number of nitrogens with one attached hydrogen (secondary N) is 2. The van der Waals surface area contributed by atoms with Crippen LogP contribution in [0.1, 0.15) is 20.1 Å². The van der Waals surface area contributed by atoms with Gasteiger partial charge in [0.15, 0.2) is 6.23 Å². The lowest BCUT2D eigenvalue weighted by atomic mass is 9.84. The van der Waals surface area contributed by atoms with E-state index in [4.69, 9.17) is 13.8 Å². The molecule has 1 aliphatic rings. The maximum absolute atomic E-state index is 13.5. The fourth-order valence-electron chi connectivity index (χ4n) is 3.48. The highest BCUT2D eigenvalue weighted by atomic mass is 31.2. The van der Waals surface area contributed by atoms with E-state index in [1.54, 1.807) is 18.2 Å². The minimum atomic E-state index is -4.24. The van der Waals surface area contributed by atoms with Crippen LogP contribution in [-0.4, -0.2) is 52.6 Å². The van der Waals surface area contributed by atoms with E-state index in [0.717, 1.165) is 23.9 Å². The second-order valence-electron chi connectivity index (χ2n) is 7.96. The number of hydrogen-bond donors (Lipinski definition) is 3. The highest BCUT2D eigenvalue weighted by Gasteiger charge is 2.55. The molecule has 3 N–H and O–H groups in total. The second-order valence-corrected chi connectivity index (χ2v) is 9.65. The SMILES string of the molecule is COC(=O)C(C)NP(=O)(OCC1OC(n2ccc(=O)[nH]c2=O)C(C)(C#N)C1O)Oc1ccccc1. The molecule has 14 heteroatoms. The Bertz CT molecular complexity index is 1260. The van der Waals surface area contributed by atoms with Gasteiger partial charge in [-0.1, -0.05) is 18.2 Å². The maximum Gasteiger partial charge on any atom is 0.459 e. The number of aliphatic hydroxyl groups excluding tert-OH is 1. The van der Waals surface area contributed by atoms with E-state index in [1.165, 1.54) is 26.0 Å². The number of methoxy groups -OCH3 is 1. The van der Waals surface area contributed by atoms with Crippen LogP contribution in [-0.2, 0) is 23.4 Å². The van der Waals surface area contributed by atoms with Gasteiger partial charge in [-0.25, -0.2) is 9.36 Å². The van der Waals surface area contributed by atoms with Crippen LogP contribution in [0.2, 0.25) is 0 Å². The van der Waals surface area contributed by atoms with E-state index in [1.807, 2.05) is 6.07 Å². The Morgan fingerprint density at radius 3 is 2.66 bits per heavy atom. The zero-order valence-electron chi connectivity index (χ0n) is 19.1. The summed E-state index contributed by atoms with van der Waals surface area (Å²) in [6, 6.07) is 9.96. The van der Waals surface area contributed by atoms with Gasteiger partial charge in [-0.05, 0) is 26.0 Å². The molecule has 0 bridgehead atoms. The zero-order chi connectivity index (χ0) is 25.8. The summed E-state index contributed by atoms with van der Waals surface area (Å²) in [4.78, 5) is 37.6. The Morgan fingerprint density at radius 1 is 1.37 bits per heavy atom. The first-order valence-corrected chi connectivity index (χ1v) is 12.0. The van der Waals surface area contributed by atoms with E-state index in [9.17, 15) is 29.3 Å². The molecule has 6 atom stereocenters. The third kappa shape index (κ3) is 5.70. The highest BCUT2D eigenvalue weighted by Crippen LogP contribution is 2.48. The molecule has 2 aromatic rings. The quantitative estimate of drug-likeness (QED) is 0.320. The average molecular weight is 508 g/mol. The molecular formula is C21H25N4O9P. The Hall–Kier alpha value is -3.27. The lowest BCUT2D eigenvalue weighted by Gasteiger charge is -2.26. The van der Waals surface area contributed by atoms with Crippen molar-refractivity contribution >= 4 is 13.7 Å². The smallest absolute Gasteiger partial charge is 0.459 e. The number of aliphatic hydroxyl groups is 1. The van der Waals surface area contributed by atoms with Gasteiger partial charge >= 0.3 is 19.4 Å². The van der Waals surface area contributed by atoms with Crippen LogP contribution in [0, 0.1) is 16.7 Å². The molecule has 0 spiro atoms. The minimum absolute atomic E-state index is 0.174. The number of para-hydroxylation sites is 1. The van der Waals surface area contributed by atoms with Crippen molar-refractivity contribution in [2.75, 3.05) is 13.7 Å².